The first-order valence-corrected chi connectivity index (χ1v) is 7.84. The molecule has 3 rings (SSSR count). The zero-order chi connectivity index (χ0) is 17.3. The molecule has 1 aliphatic carbocycles. The molecule has 0 aromatic carbocycles. The second kappa shape index (κ2) is 6.22. The van der Waals surface area contributed by atoms with Gasteiger partial charge in [-0.2, -0.15) is 4.98 Å². The molecule has 24 heavy (non-hydrogen) atoms. The summed E-state index contributed by atoms with van der Waals surface area (Å²) in [6.45, 7) is 4.54. The summed E-state index contributed by atoms with van der Waals surface area (Å²) in [6, 6.07) is 2.25. The second-order valence-corrected chi connectivity index (χ2v) is 6.74. The molecule has 1 aliphatic rings. The van der Waals surface area contributed by atoms with E-state index in [4.69, 9.17) is 14.2 Å². The normalized spacial score (nSPS) is 16.4. The molecule has 0 N–H and O–H groups in total. The molecule has 0 spiro atoms. The minimum Gasteiger partial charge on any atom is -0.480 e. The van der Waals surface area contributed by atoms with Gasteiger partial charge in [0, 0.05) is 11.8 Å². The average molecular weight is 330 g/mol. The monoisotopic (exact) mass is 330 g/mol. The molecule has 0 amide bonds. The fourth-order valence-electron chi connectivity index (χ4n) is 3.25. The molecule has 1 fully saturated rings. The summed E-state index contributed by atoms with van der Waals surface area (Å²) in [5, 5.41) is 8.47. The predicted octanol–water partition coefficient (Wildman–Crippen LogP) is 2.86. The number of methoxy groups -OCH3 is 3. The number of nitrogens with zero attached hydrogens (tertiary/aromatic N) is 4. The van der Waals surface area contributed by atoms with Crippen LogP contribution in [0.5, 0.6) is 17.8 Å². The van der Waals surface area contributed by atoms with Gasteiger partial charge in [0.2, 0.25) is 11.8 Å². The van der Waals surface area contributed by atoms with Crippen LogP contribution >= 0.6 is 0 Å². The fraction of sp³-hybridized carbons (Fsp3) is 0.529. The minimum atomic E-state index is 0.248. The largest absolute Gasteiger partial charge is 0.480 e. The Kier molecular flexibility index (Phi) is 4.26. The first kappa shape index (κ1) is 16.4. The Labute approximate surface area is 141 Å². The molecule has 7 nitrogen and oxygen atoms in total. The van der Waals surface area contributed by atoms with Crippen LogP contribution in [0.25, 0.3) is 11.3 Å². The lowest BCUT2D eigenvalue weighted by molar-refractivity contribution is 0.148. The standard InChI is InChI=1S/C17H22N4O3/c1-17(2)7-10(8-17)11-6-13(20-21-15(11)23-4)12-9-18-16(24-5)19-14(12)22-3/h6,9-10H,7-8H2,1-5H3. The summed E-state index contributed by atoms with van der Waals surface area (Å²) in [4.78, 5) is 8.35. The highest BCUT2D eigenvalue weighted by Gasteiger charge is 2.39. The molecule has 7 heteroatoms. The van der Waals surface area contributed by atoms with Gasteiger partial charge in [-0.05, 0) is 30.2 Å². The van der Waals surface area contributed by atoms with E-state index in [1.165, 1.54) is 7.11 Å². The van der Waals surface area contributed by atoms with E-state index in [9.17, 15) is 0 Å². The van der Waals surface area contributed by atoms with Crippen LogP contribution in [0, 0.1) is 5.41 Å². The number of ether oxygens (including phenoxy) is 3. The lowest BCUT2D eigenvalue weighted by Crippen LogP contribution is -2.30. The Morgan fingerprint density at radius 2 is 1.71 bits per heavy atom. The highest BCUT2D eigenvalue weighted by Crippen LogP contribution is 2.52. The van der Waals surface area contributed by atoms with Gasteiger partial charge < -0.3 is 14.2 Å². The average Bonchev–Trinajstić information content (AvgIpc) is 2.58. The quantitative estimate of drug-likeness (QED) is 0.834. The smallest absolute Gasteiger partial charge is 0.319 e. The Hall–Kier alpha value is -2.44. The molecular formula is C17H22N4O3. The summed E-state index contributed by atoms with van der Waals surface area (Å²) in [5.41, 5.74) is 2.77. The van der Waals surface area contributed by atoms with Gasteiger partial charge in [-0.1, -0.05) is 13.8 Å². The van der Waals surface area contributed by atoms with Crippen LogP contribution in [0.15, 0.2) is 12.3 Å². The molecule has 2 aromatic rings. The molecule has 0 saturated heterocycles. The van der Waals surface area contributed by atoms with E-state index in [0.29, 0.717) is 34.4 Å². The van der Waals surface area contributed by atoms with Crippen LogP contribution in [0.4, 0.5) is 0 Å². The van der Waals surface area contributed by atoms with Gasteiger partial charge in [-0.3, -0.25) is 0 Å². The van der Waals surface area contributed by atoms with Gasteiger partial charge in [-0.25, -0.2) is 4.98 Å². The number of hydrogen-bond acceptors (Lipinski definition) is 7. The van der Waals surface area contributed by atoms with E-state index in [2.05, 4.69) is 34.0 Å². The summed E-state index contributed by atoms with van der Waals surface area (Å²) < 4.78 is 15.8. The van der Waals surface area contributed by atoms with E-state index >= 15 is 0 Å². The molecular weight excluding hydrogens is 308 g/mol. The van der Waals surface area contributed by atoms with E-state index < -0.39 is 0 Å². The molecule has 0 bridgehead atoms. The molecule has 2 heterocycles. The van der Waals surface area contributed by atoms with Crippen LogP contribution in [0.3, 0.4) is 0 Å². The Bertz CT molecular complexity index is 741. The van der Waals surface area contributed by atoms with E-state index in [0.717, 1.165) is 18.4 Å². The summed E-state index contributed by atoms with van der Waals surface area (Å²) >= 11 is 0. The predicted molar refractivity (Wildman–Crippen MR) is 88.5 cm³/mol. The van der Waals surface area contributed by atoms with Crippen molar-refractivity contribution < 1.29 is 14.2 Å². The lowest BCUT2D eigenvalue weighted by atomic mass is 9.62. The third-order valence-corrected chi connectivity index (χ3v) is 4.40. The molecule has 0 atom stereocenters. The van der Waals surface area contributed by atoms with Crippen LogP contribution in [-0.4, -0.2) is 41.5 Å². The molecule has 128 valence electrons. The molecule has 2 aromatic heterocycles. The maximum atomic E-state index is 5.40. The summed E-state index contributed by atoms with van der Waals surface area (Å²) in [6.07, 6.45) is 3.84. The summed E-state index contributed by atoms with van der Waals surface area (Å²) in [5.74, 6) is 1.41. The van der Waals surface area contributed by atoms with Crippen molar-refractivity contribution in [2.75, 3.05) is 21.3 Å². The minimum absolute atomic E-state index is 0.248. The maximum Gasteiger partial charge on any atom is 0.319 e. The van der Waals surface area contributed by atoms with E-state index in [1.807, 2.05) is 6.07 Å². The van der Waals surface area contributed by atoms with Crippen molar-refractivity contribution in [1.29, 1.82) is 0 Å². The highest BCUT2D eigenvalue weighted by molar-refractivity contribution is 5.65. The highest BCUT2D eigenvalue weighted by atomic mass is 16.5. The number of hydrogen-bond donors (Lipinski definition) is 0. The van der Waals surface area contributed by atoms with Crippen LogP contribution < -0.4 is 14.2 Å². The van der Waals surface area contributed by atoms with Gasteiger partial charge in [-0.15, -0.1) is 10.2 Å². The van der Waals surface area contributed by atoms with Crippen LogP contribution in [-0.2, 0) is 0 Å². The third-order valence-electron chi connectivity index (χ3n) is 4.40. The molecule has 0 radical (unpaired) electrons. The van der Waals surface area contributed by atoms with Crippen molar-refractivity contribution in [2.45, 2.75) is 32.6 Å². The van der Waals surface area contributed by atoms with Gasteiger partial charge in [0.25, 0.3) is 0 Å². The lowest BCUT2D eigenvalue weighted by Gasteiger charge is -2.43. The maximum absolute atomic E-state index is 5.40. The van der Waals surface area contributed by atoms with Crippen molar-refractivity contribution in [3.8, 4) is 29.0 Å². The van der Waals surface area contributed by atoms with Crippen LogP contribution in [0.2, 0.25) is 0 Å². The van der Waals surface area contributed by atoms with Crippen molar-refractivity contribution in [1.82, 2.24) is 20.2 Å². The summed E-state index contributed by atoms with van der Waals surface area (Å²) in [7, 11) is 4.68. The van der Waals surface area contributed by atoms with Gasteiger partial charge in [0.05, 0.1) is 26.9 Å². The van der Waals surface area contributed by atoms with Gasteiger partial charge in [0.1, 0.15) is 5.69 Å². The van der Waals surface area contributed by atoms with Crippen molar-refractivity contribution in [2.24, 2.45) is 5.41 Å². The SMILES string of the molecule is COc1ncc(-c2cc(C3CC(C)(C)C3)c(OC)nn2)c(OC)n1. The number of rotatable bonds is 5. The first-order valence-electron chi connectivity index (χ1n) is 7.84. The zero-order valence-corrected chi connectivity index (χ0v) is 14.7. The molecule has 0 aliphatic heterocycles. The first-order chi connectivity index (χ1) is 11.5. The Morgan fingerprint density at radius 1 is 1.00 bits per heavy atom. The van der Waals surface area contributed by atoms with Crippen LogP contribution in [0.1, 0.15) is 38.2 Å². The Balaban J connectivity index is 2.00. The van der Waals surface area contributed by atoms with Gasteiger partial charge >= 0.3 is 6.01 Å². The number of aromatic nitrogens is 4. The molecule has 1 saturated carbocycles. The van der Waals surface area contributed by atoms with E-state index in [-0.39, 0.29) is 6.01 Å². The molecule has 0 unspecified atom stereocenters. The third kappa shape index (κ3) is 2.98. The van der Waals surface area contributed by atoms with E-state index in [1.54, 1.807) is 20.4 Å². The fourth-order valence-corrected chi connectivity index (χ4v) is 3.25. The topological polar surface area (TPSA) is 79.2 Å². The van der Waals surface area contributed by atoms with Crippen molar-refractivity contribution in [3.63, 3.8) is 0 Å². The van der Waals surface area contributed by atoms with Gasteiger partial charge in [0.15, 0.2) is 0 Å². The Morgan fingerprint density at radius 3 is 2.29 bits per heavy atom. The van der Waals surface area contributed by atoms with Crippen molar-refractivity contribution in [3.05, 3.63) is 17.8 Å². The second-order valence-electron chi connectivity index (χ2n) is 6.74. The zero-order valence-electron chi connectivity index (χ0n) is 14.7. The van der Waals surface area contributed by atoms with Crippen molar-refractivity contribution >= 4 is 0 Å².